The van der Waals surface area contributed by atoms with Crippen LogP contribution in [0.3, 0.4) is 0 Å². The highest BCUT2D eigenvalue weighted by molar-refractivity contribution is 6.33. The van der Waals surface area contributed by atoms with E-state index in [9.17, 15) is 9.59 Å². The molecule has 0 aliphatic heterocycles. The van der Waals surface area contributed by atoms with E-state index in [-0.39, 0.29) is 24.1 Å². The predicted molar refractivity (Wildman–Crippen MR) is 90.8 cm³/mol. The van der Waals surface area contributed by atoms with Crippen molar-refractivity contribution >= 4 is 29.2 Å². The van der Waals surface area contributed by atoms with Gasteiger partial charge in [-0.1, -0.05) is 31.4 Å². The van der Waals surface area contributed by atoms with Gasteiger partial charge in [0, 0.05) is 11.7 Å². The molecule has 0 bridgehead atoms. The molecule has 0 saturated heterocycles. The van der Waals surface area contributed by atoms with E-state index < -0.39 is 5.97 Å². The minimum atomic E-state index is -0.501. The lowest BCUT2D eigenvalue weighted by Crippen LogP contribution is -2.43. The zero-order valence-electron chi connectivity index (χ0n) is 13.5. The fourth-order valence-electron chi connectivity index (χ4n) is 2.87. The van der Waals surface area contributed by atoms with Crippen LogP contribution in [0.15, 0.2) is 18.2 Å². The van der Waals surface area contributed by atoms with Crippen molar-refractivity contribution in [3.63, 3.8) is 0 Å². The van der Waals surface area contributed by atoms with Gasteiger partial charge >= 0.3 is 5.97 Å². The molecular weight excluding hydrogens is 316 g/mol. The number of methoxy groups -OCH3 is 1. The summed E-state index contributed by atoms with van der Waals surface area (Å²) in [6.45, 7) is 2.34. The zero-order valence-corrected chi connectivity index (χ0v) is 14.3. The monoisotopic (exact) mass is 338 g/mol. The molecular formula is C17H23ClN2O3. The Kier molecular flexibility index (Phi) is 6.28. The summed E-state index contributed by atoms with van der Waals surface area (Å²) in [5, 5.41) is 6.42. The maximum Gasteiger partial charge on any atom is 0.339 e. The Balaban J connectivity index is 1.90. The maximum atomic E-state index is 12.1. The summed E-state index contributed by atoms with van der Waals surface area (Å²) in [5.41, 5.74) is 0.933. The molecule has 0 heterocycles. The number of hydrogen-bond donors (Lipinski definition) is 2. The van der Waals surface area contributed by atoms with Crippen LogP contribution in [0.5, 0.6) is 0 Å². The van der Waals surface area contributed by atoms with Crippen LogP contribution in [0, 0.1) is 5.92 Å². The molecule has 5 nitrogen and oxygen atoms in total. The van der Waals surface area contributed by atoms with Gasteiger partial charge in [0.25, 0.3) is 0 Å². The van der Waals surface area contributed by atoms with Crippen molar-refractivity contribution in [1.29, 1.82) is 0 Å². The number of amides is 1. The molecule has 1 aliphatic carbocycles. The standard InChI is InChI=1S/C17H23ClN2O3/c1-11-5-3-4-6-15(11)20-16(21)10-19-12-7-8-14(18)13(9-12)17(22)23-2/h7-9,11,15,19H,3-6,10H2,1-2H3,(H,20,21)/t11-,15-/m0/s1. The average molecular weight is 339 g/mol. The molecule has 126 valence electrons. The highest BCUT2D eigenvalue weighted by Crippen LogP contribution is 2.24. The smallest absolute Gasteiger partial charge is 0.339 e. The molecule has 6 heteroatoms. The molecule has 0 radical (unpaired) electrons. The van der Waals surface area contributed by atoms with Crippen molar-refractivity contribution in [2.75, 3.05) is 19.0 Å². The number of rotatable bonds is 5. The summed E-state index contributed by atoms with van der Waals surface area (Å²) in [6, 6.07) is 5.18. The van der Waals surface area contributed by atoms with Crippen molar-refractivity contribution in [1.82, 2.24) is 5.32 Å². The van der Waals surface area contributed by atoms with Crippen molar-refractivity contribution in [3.8, 4) is 0 Å². The first-order valence-electron chi connectivity index (χ1n) is 7.92. The zero-order chi connectivity index (χ0) is 16.8. The van der Waals surface area contributed by atoms with Gasteiger partial charge in [-0.3, -0.25) is 4.79 Å². The predicted octanol–water partition coefficient (Wildman–Crippen LogP) is 3.23. The van der Waals surface area contributed by atoms with E-state index in [0.717, 1.165) is 12.8 Å². The van der Waals surface area contributed by atoms with E-state index in [1.807, 2.05) is 0 Å². The minimum absolute atomic E-state index is 0.0432. The molecule has 0 aromatic heterocycles. The van der Waals surface area contributed by atoms with Crippen molar-refractivity contribution in [2.45, 2.75) is 38.6 Å². The van der Waals surface area contributed by atoms with Crippen LogP contribution < -0.4 is 10.6 Å². The Morgan fingerprint density at radius 3 is 2.74 bits per heavy atom. The number of ether oxygens (including phenoxy) is 1. The number of carbonyl (C=O) groups excluding carboxylic acids is 2. The SMILES string of the molecule is COC(=O)c1cc(NCC(=O)N[C@H]2CCCC[C@@H]2C)ccc1Cl. The van der Waals surface area contributed by atoms with Crippen LogP contribution in [-0.4, -0.2) is 31.6 Å². The van der Waals surface area contributed by atoms with Gasteiger partial charge in [0.1, 0.15) is 0 Å². The van der Waals surface area contributed by atoms with Gasteiger partial charge in [0.05, 0.1) is 24.2 Å². The molecule has 1 saturated carbocycles. The van der Waals surface area contributed by atoms with Crippen LogP contribution in [0.1, 0.15) is 43.0 Å². The first-order chi connectivity index (χ1) is 11.0. The van der Waals surface area contributed by atoms with Gasteiger partial charge < -0.3 is 15.4 Å². The summed E-state index contributed by atoms with van der Waals surface area (Å²) >= 11 is 5.97. The summed E-state index contributed by atoms with van der Waals surface area (Å²) in [6.07, 6.45) is 4.62. The normalized spacial score (nSPS) is 20.7. The molecule has 1 aromatic rings. The fourth-order valence-corrected chi connectivity index (χ4v) is 3.07. The molecule has 0 spiro atoms. The minimum Gasteiger partial charge on any atom is -0.465 e. The maximum absolute atomic E-state index is 12.1. The summed E-state index contributed by atoms with van der Waals surface area (Å²) in [4.78, 5) is 23.7. The summed E-state index contributed by atoms with van der Waals surface area (Å²) < 4.78 is 4.68. The number of carbonyl (C=O) groups is 2. The molecule has 2 rings (SSSR count). The molecule has 2 N–H and O–H groups in total. The number of esters is 1. The van der Waals surface area contributed by atoms with Crippen molar-refractivity contribution < 1.29 is 14.3 Å². The second-order valence-electron chi connectivity index (χ2n) is 5.98. The van der Waals surface area contributed by atoms with Crippen LogP contribution in [-0.2, 0) is 9.53 Å². The third kappa shape index (κ3) is 4.86. The van der Waals surface area contributed by atoms with Gasteiger partial charge in [0.2, 0.25) is 5.91 Å². The molecule has 23 heavy (non-hydrogen) atoms. The van der Waals surface area contributed by atoms with Gasteiger partial charge in [-0.05, 0) is 37.0 Å². The van der Waals surface area contributed by atoms with Crippen molar-refractivity contribution in [2.24, 2.45) is 5.92 Å². The Bertz CT molecular complexity index is 577. The molecule has 1 fully saturated rings. The van der Waals surface area contributed by atoms with Gasteiger partial charge in [-0.2, -0.15) is 0 Å². The van der Waals surface area contributed by atoms with E-state index in [1.165, 1.54) is 20.0 Å². The molecule has 0 unspecified atom stereocenters. The van der Waals surface area contributed by atoms with Crippen molar-refractivity contribution in [3.05, 3.63) is 28.8 Å². The van der Waals surface area contributed by atoms with E-state index in [4.69, 9.17) is 11.6 Å². The number of nitrogens with one attached hydrogen (secondary N) is 2. The molecule has 1 amide bonds. The van der Waals surface area contributed by atoms with Gasteiger partial charge in [-0.15, -0.1) is 0 Å². The number of benzene rings is 1. The largest absolute Gasteiger partial charge is 0.465 e. The molecule has 1 aromatic carbocycles. The van der Waals surface area contributed by atoms with E-state index >= 15 is 0 Å². The lowest BCUT2D eigenvalue weighted by molar-refractivity contribution is -0.120. The van der Waals surface area contributed by atoms with Crippen LogP contribution in [0.4, 0.5) is 5.69 Å². The summed E-state index contributed by atoms with van der Waals surface area (Å²) in [5.74, 6) is -0.0217. The van der Waals surface area contributed by atoms with E-state index in [2.05, 4.69) is 22.3 Å². The Morgan fingerprint density at radius 2 is 2.04 bits per heavy atom. The van der Waals surface area contributed by atoms with Crippen LogP contribution >= 0.6 is 11.6 Å². The highest BCUT2D eigenvalue weighted by atomic mass is 35.5. The van der Waals surface area contributed by atoms with Crippen LogP contribution in [0.2, 0.25) is 5.02 Å². The lowest BCUT2D eigenvalue weighted by atomic mass is 9.86. The van der Waals surface area contributed by atoms with Gasteiger partial charge in [-0.25, -0.2) is 4.79 Å². The second kappa shape index (κ2) is 8.20. The topological polar surface area (TPSA) is 67.4 Å². The highest BCUT2D eigenvalue weighted by Gasteiger charge is 2.22. The Labute approximate surface area is 141 Å². The third-order valence-electron chi connectivity index (χ3n) is 4.28. The first-order valence-corrected chi connectivity index (χ1v) is 8.30. The number of hydrogen-bond acceptors (Lipinski definition) is 4. The average Bonchev–Trinajstić information content (AvgIpc) is 2.55. The quantitative estimate of drug-likeness (QED) is 0.809. The van der Waals surface area contributed by atoms with E-state index in [1.54, 1.807) is 18.2 Å². The molecule has 1 aliphatic rings. The second-order valence-corrected chi connectivity index (χ2v) is 6.38. The number of halogens is 1. The number of anilines is 1. The summed E-state index contributed by atoms with van der Waals surface area (Å²) in [7, 11) is 1.30. The Morgan fingerprint density at radius 1 is 1.30 bits per heavy atom. The fraction of sp³-hybridized carbons (Fsp3) is 0.529. The molecule has 2 atom stereocenters. The third-order valence-corrected chi connectivity index (χ3v) is 4.61. The Hall–Kier alpha value is -1.75. The van der Waals surface area contributed by atoms with E-state index in [0.29, 0.717) is 16.6 Å². The first kappa shape index (κ1) is 17.6. The van der Waals surface area contributed by atoms with Gasteiger partial charge in [0.15, 0.2) is 0 Å². The van der Waals surface area contributed by atoms with Crippen LogP contribution in [0.25, 0.3) is 0 Å². The lowest BCUT2D eigenvalue weighted by Gasteiger charge is -2.29.